The smallest absolute Gasteiger partial charge is 0.231 e. The Kier molecular flexibility index (Phi) is 4.33. The van der Waals surface area contributed by atoms with Crippen LogP contribution in [0.4, 0.5) is 0 Å². The summed E-state index contributed by atoms with van der Waals surface area (Å²) in [6.45, 7) is 0.405. The molecule has 9 heteroatoms. The third-order valence-corrected chi connectivity index (χ3v) is 9.16. The Morgan fingerprint density at radius 3 is 2.55 bits per heavy atom. The molecule has 0 saturated carbocycles. The molecule has 2 aliphatic heterocycles. The first-order chi connectivity index (χ1) is 13.9. The van der Waals surface area contributed by atoms with Gasteiger partial charge in [0.05, 0.1) is 11.7 Å². The minimum atomic E-state index is -3.35. The summed E-state index contributed by atoms with van der Waals surface area (Å²) in [5, 5.41) is 4.64. The number of sulfone groups is 1. The summed E-state index contributed by atoms with van der Waals surface area (Å²) >= 11 is 5.92. The number of hydrogen-bond donors (Lipinski definition) is 0. The van der Waals surface area contributed by atoms with E-state index in [4.69, 9.17) is 16.1 Å². The molecule has 0 bridgehead atoms. The molecule has 29 heavy (non-hydrogen) atoms. The fraction of sp³-hybridized carbons (Fsp3) is 0.450. The molecule has 1 spiro atoms. The van der Waals surface area contributed by atoms with Crippen LogP contribution in [0.15, 0.2) is 40.9 Å². The summed E-state index contributed by atoms with van der Waals surface area (Å²) in [6, 6.07) is 7.05. The minimum Gasteiger partial charge on any atom is -0.339 e. The van der Waals surface area contributed by atoms with Crippen molar-refractivity contribution in [2.45, 2.75) is 29.9 Å². The van der Waals surface area contributed by atoms with Crippen molar-refractivity contribution in [3.8, 4) is 11.4 Å². The molecule has 1 aromatic carbocycles. The third kappa shape index (κ3) is 2.92. The van der Waals surface area contributed by atoms with Crippen molar-refractivity contribution in [3.05, 3.63) is 47.3 Å². The number of benzene rings is 1. The van der Waals surface area contributed by atoms with Gasteiger partial charge in [-0.3, -0.25) is 4.79 Å². The van der Waals surface area contributed by atoms with Crippen molar-refractivity contribution in [1.29, 1.82) is 0 Å². The molecule has 3 aliphatic rings. The average Bonchev–Trinajstić information content (AvgIpc) is 3.39. The van der Waals surface area contributed by atoms with Crippen LogP contribution in [0, 0.1) is 5.92 Å². The van der Waals surface area contributed by atoms with Crippen molar-refractivity contribution in [2.24, 2.45) is 5.92 Å². The molecular weight excluding hydrogens is 414 g/mol. The van der Waals surface area contributed by atoms with E-state index in [1.54, 1.807) is 29.2 Å². The number of halogens is 1. The fourth-order valence-corrected chi connectivity index (χ4v) is 7.08. The normalized spacial score (nSPS) is 24.9. The largest absolute Gasteiger partial charge is 0.339 e. The first-order valence-electron chi connectivity index (χ1n) is 9.65. The molecule has 2 saturated heterocycles. The first kappa shape index (κ1) is 18.8. The summed E-state index contributed by atoms with van der Waals surface area (Å²) in [5.41, 5.74) is 0.749. The van der Waals surface area contributed by atoms with Crippen LogP contribution in [0.5, 0.6) is 0 Å². The monoisotopic (exact) mass is 433 g/mol. The van der Waals surface area contributed by atoms with Crippen LogP contribution in [0.1, 0.15) is 31.1 Å². The van der Waals surface area contributed by atoms with Gasteiger partial charge in [-0.25, -0.2) is 8.42 Å². The van der Waals surface area contributed by atoms with Crippen molar-refractivity contribution >= 4 is 27.3 Å². The van der Waals surface area contributed by atoms with Gasteiger partial charge in [-0.15, -0.1) is 0 Å². The molecule has 7 nitrogen and oxygen atoms in total. The van der Waals surface area contributed by atoms with Crippen LogP contribution < -0.4 is 0 Å². The van der Waals surface area contributed by atoms with E-state index in [0.717, 1.165) is 18.4 Å². The van der Waals surface area contributed by atoms with E-state index in [0.29, 0.717) is 23.2 Å². The lowest BCUT2D eigenvalue weighted by atomic mass is 9.82. The molecule has 1 aliphatic carbocycles. The number of carbonyl (C=O) groups is 1. The summed E-state index contributed by atoms with van der Waals surface area (Å²) < 4.78 is 30.3. The predicted molar refractivity (Wildman–Crippen MR) is 107 cm³/mol. The van der Waals surface area contributed by atoms with Gasteiger partial charge in [0.1, 0.15) is 4.75 Å². The zero-order valence-corrected chi connectivity index (χ0v) is 17.2. The second-order valence-corrected chi connectivity index (χ2v) is 10.9. The SMILES string of the molecule is O=C(C1CC=CC1)N1CC2(C1)C(c1nc(-c3ccc(Cl)cc3)no1)CCS2(=O)=O. The van der Waals surface area contributed by atoms with Gasteiger partial charge in [0.25, 0.3) is 0 Å². The number of amides is 1. The molecule has 5 rings (SSSR count). The Morgan fingerprint density at radius 1 is 1.17 bits per heavy atom. The van der Waals surface area contributed by atoms with Gasteiger partial charge >= 0.3 is 0 Å². The molecule has 0 N–H and O–H groups in total. The van der Waals surface area contributed by atoms with E-state index in [9.17, 15) is 13.2 Å². The van der Waals surface area contributed by atoms with Crippen molar-refractivity contribution in [2.75, 3.05) is 18.8 Å². The lowest BCUT2D eigenvalue weighted by Crippen LogP contribution is -2.68. The lowest BCUT2D eigenvalue weighted by molar-refractivity contribution is -0.141. The Bertz CT molecular complexity index is 1080. The molecule has 1 aromatic heterocycles. The zero-order valence-electron chi connectivity index (χ0n) is 15.6. The molecule has 0 radical (unpaired) electrons. The highest BCUT2D eigenvalue weighted by Crippen LogP contribution is 2.50. The fourth-order valence-electron chi connectivity index (χ4n) is 4.65. The van der Waals surface area contributed by atoms with Crippen molar-refractivity contribution in [3.63, 3.8) is 0 Å². The first-order valence-corrected chi connectivity index (χ1v) is 11.7. The number of hydrogen-bond acceptors (Lipinski definition) is 6. The van der Waals surface area contributed by atoms with Crippen LogP contribution in [-0.4, -0.2) is 53.0 Å². The second kappa shape index (κ2) is 6.67. The Labute approximate surface area is 173 Å². The summed E-state index contributed by atoms with van der Waals surface area (Å²) in [4.78, 5) is 18.8. The van der Waals surface area contributed by atoms with E-state index in [2.05, 4.69) is 10.1 Å². The highest BCUT2D eigenvalue weighted by Gasteiger charge is 2.64. The maximum Gasteiger partial charge on any atom is 0.231 e. The van der Waals surface area contributed by atoms with E-state index in [1.165, 1.54) is 0 Å². The van der Waals surface area contributed by atoms with E-state index < -0.39 is 20.5 Å². The highest BCUT2D eigenvalue weighted by atomic mass is 35.5. The van der Waals surface area contributed by atoms with Crippen LogP contribution >= 0.6 is 11.6 Å². The maximum absolute atomic E-state index is 12.9. The summed E-state index contributed by atoms with van der Waals surface area (Å²) in [7, 11) is -3.35. The van der Waals surface area contributed by atoms with Gasteiger partial charge in [-0.2, -0.15) is 4.98 Å². The van der Waals surface area contributed by atoms with Gasteiger partial charge in [0.2, 0.25) is 17.6 Å². The van der Waals surface area contributed by atoms with E-state index >= 15 is 0 Å². The number of likely N-dealkylation sites (tertiary alicyclic amines) is 1. The standard InChI is InChI=1S/C20H20ClN3O4S/c21-15-7-5-13(6-8-15)17-22-18(28-23-17)16-9-10-29(26,27)20(16)11-24(12-20)19(25)14-3-1-2-4-14/h1-2,5-8,14,16H,3-4,9-12H2. The molecule has 2 fully saturated rings. The highest BCUT2D eigenvalue weighted by molar-refractivity contribution is 7.93. The van der Waals surface area contributed by atoms with Gasteiger partial charge in [0.15, 0.2) is 9.84 Å². The van der Waals surface area contributed by atoms with Crippen LogP contribution in [0.2, 0.25) is 5.02 Å². The molecule has 152 valence electrons. The Morgan fingerprint density at radius 2 is 1.86 bits per heavy atom. The molecule has 1 unspecified atom stereocenters. The summed E-state index contributed by atoms with van der Waals surface area (Å²) in [6.07, 6.45) is 5.89. The number of carbonyl (C=O) groups excluding carboxylic acids is 1. The van der Waals surface area contributed by atoms with Crippen LogP contribution in [0.3, 0.4) is 0 Å². The topological polar surface area (TPSA) is 93.4 Å². The van der Waals surface area contributed by atoms with Gasteiger partial charge in [0, 0.05) is 29.6 Å². The zero-order chi connectivity index (χ0) is 20.2. The molecular formula is C20H20ClN3O4S. The average molecular weight is 434 g/mol. The van der Waals surface area contributed by atoms with E-state index in [1.807, 2.05) is 12.2 Å². The van der Waals surface area contributed by atoms with Crippen molar-refractivity contribution in [1.82, 2.24) is 15.0 Å². The maximum atomic E-state index is 12.9. The lowest BCUT2D eigenvalue weighted by Gasteiger charge is -2.49. The molecule has 1 atom stereocenters. The minimum absolute atomic E-state index is 0.0360. The quantitative estimate of drug-likeness (QED) is 0.691. The van der Waals surface area contributed by atoms with E-state index in [-0.39, 0.29) is 30.7 Å². The molecule has 2 aromatic rings. The Hall–Kier alpha value is -2.19. The van der Waals surface area contributed by atoms with Gasteiger partial charge < -0.3 is 9.42 Å². The predicted octanol–water partition coefficient (Wildman–Crippen LogP) is 2.84. The van der Waals surface area contributed by atoms with Crippen LogP contribution in [-0.2, 0) is 14.6 Å². The molecule has 3 heterocycles. The summed E-state index contributed by atoms with van der Waals surface area (Å²) in [5.74, 6) is 0.380. The second-order valence-electron chi connectivity index (χ2n) is 8.02. The number of nitrogens with zero attached hydrogens (tertiary/aromatic N) is 3. The Balaban J connectivity index is 1.39. The number of aromatic nitrogens is 2. The third-order valence-electron chi connectivity index (χ3n) is 6.36. The molecule has 1 amide bonds. The van der Waals surface area contributed by atoms with Crippen LogP contribution in [0.25, 0.3) is 11.4 Å². The van der Waals surface area contributed by atoms with Gasteiger partial charge in [-0.05, 0) is 43.5 Å². The number of rotatable bonds is 3. The number of allylic oxidation sites excluding steroid dienone is 2. The van der Waals surface area contributed by atoms with Gasteiger partial charge in [-0.1, -0.05) is 28.9 Å². The van der Waals surface area contributed by atoms with Crippen molar-refractivity contribution < 1.29 is 17.7 Å².